The van der Waals surface area contributed by atoms with E-state index in [1.807, 2.05) is 22.7 Å². The first-order valence-corrected chi connectivity index (χ1v) is 20.7. The van der Waals surface area contributed by atoms with E-state index < -0.39 is 0 Å². The molecular formula is C52H34S2. The zero-order valence-electron chi connectivity index (χ0n) is 29.6. The van der Waals surface area contributed by atoms with Gasteiger partial charge >= 0.3 is 0 Å². The van der Waals surface area contributed by atoms with Gasteiger partial charge in [0, 0.05) is 46.1 Å². The molecule has 0 amide bonds. The molecule has 2 aliphatic carbocycles. The Morgan fingerprint density at radius 1 is 0.500 bits per heavy atom. The lowest BCUT2D eigenvalue weighted by Gasteiger charge is -2.24. The third-order valence-electron chi connectivity index (χ3n) is 12.0. The molecule has 0 radical (unpaired) electrons. The van der Waals surface area contributed by atoms with Crippen molar-refractivity contribution in [2.24, 2.45) is 5.92 Å². The average molecular weight is 723 g/mol. The van der Waals surface area contributed by atoms with E-state index in [0.29, 0.717) is 5.92 Å². The van der Waals surface area contributed by atoms with Crippen molar-refractivity contribution in [3.63, 3.8) is 0 Å². The first kappa shape index (κ1) is 30.6. The van der Waals surface area contributed by atoms with Crippen molar-refractivity contribution in [3.8, 4) is 11.1 Å². The number of thiophene rings is 2. The van der Waals surface area contributed by atoms with E-state index >= 15 is 0 Å². The Labute approximate surface area is 320 Å². The molecule has 0 bridgehead atoms. The van der Waals surface area contributed by atoms with Gasteiger partial charge in [-0.3, -0.25) is 0 Å². The van der Waals surface area contributed by atoms with Crippen molar-refractivity contribution in [3.05, 3.63) is 173 Å². The summed E-state index contributed by atoms with van der Waals surface area (Å²) in [5.74, 6) is 0.350. The van der Waals surface area contributed by atoms with Gasteiger partial charge in [0.1, 0.15) is 0 Å². The molecule has 0 aliphatic heterocycles. The van der Waals surface area contributed by atoms with Gasteiger partial charge < -0.3 is 0 Å². The summed E-state index contributed by atoms with van der Waals surface area (Å²) in [7, 11) is 0. The molecule has 0 N–H and O–H groups in total. The van der Waals surface area contributed by atoms with E-state index in [1.54, 1.807) is 0 Å². The monoisotopic (exact) mass is 722 g/mol. The lowest BCUT2D eigenvalue weighted by molar-refractivity contribution is 0.835. The second-order valence-corrected chi connectivity index (χ2v) is 17.1. The minimum atomic E-state index is 0.350. The highest BCUT2D eigenvalue weighted by molar-refractivity contribution is 7.26. The highest BCUT2D eigenvalue weighted by atomic mass is 32.1. The average Bonchev–Trinajstić information content (AvgIpc) is 3.81. The Bertz CT molecular complexity index is 3360. The third kappa shape index (κ3) is 4.54. The van der Waals surface area contributed by atoms with Crippen LogP contribution >= 0.6 is 22.7 Å². The molecule has 2 heterocycles. The molecule has 12 rings (SSSR count). The minimum Gasteiger partial charge on any atom is -0.136 e. The summed E-state index contributed by atoms with van der Waals surface area (Å²) in [5.41, 5.74) is 6.91. The van der Waals surface area contributed by atoms with Crippen LogP contribution in [-0.4, -0.2) is 0 Å². The number of allylic oxidation sites excluding steroid dienone is 4. The van der Waals surface area contributed by atoms with Crippen LogP contribution in [0.5, 0.6) is 0 Å². The Balaban J connectivity index is 1.02. The van der Waals surface area contributed by atoms with Crippen LogP contribution in [0.15, 0.2) is 157 Å². The van der Waals surface area contributed by atoms with Crippen LogP contribution in [0, 0.1) is 5.92 Å². The number of hydrogen-bond donors (Lipinski definition) is 0. The van der Waals surface area contributed by atoms with E-state index in [9.17, 15) is 0 Å². The first-order chi connectivity index (χ1) is 26.8. The molecular weight excluding hydrogens is 689 g/mol. The lowest BCUT2D eigenvalue weighted by atomic mass is 9.80. The Hall–Kier alpha value is -5.80. The maximum atomic E-state index is 2.60. The molecule has 2 aliphatic rings. The van der Waals surface area contributed by atoms with Gasteiger partial charge in [0.2, 0.25) is 0 Å². The lowest BCUT2D eigenvalue weighted by Crippen LogP contribution is -2.25. The van der Waals surface area contributed by atoms with E-state index in [0.717, 1.165) is 19.3 Å². The topological polar surface area (TPSA) is 0 Å². The van der Waals surface area contributed by atoms with Crippen molar-refractivity contribution < 1.29 is 0 Å². The molecule has 254 valence electrons. The molecule has 0 fully saturated rings. The Morgan fingerprint density at radius 3 is 1.98 bits per heavy atom. The van der Waals surface area contributed by atoms with Gasteiger partial charge in [0.25, 0.3) is 0 Å². The van der Waals surface area contributed by atoms with Gasteiger partial charge in [-0.25, -0.2) is 0 Å². The van der Waals surface area contributed by atoms with Crippen LogP contribution in [0.3, 0.4) is 0 Å². The first-order valence-electron chi connectivity index (χ1n) is 19.1. The number of rotatable bonds is 3. The van der Waals surface area contributed by atoms with E-state index in [4.69, 9.17) is 0 Å². The molecule has 0 nitrogen and oxygen atoms in total. The predicted octanol–water partition coefficient (Wildman–Crippen LogP) is 13.9. The van der Waals surface area contributed by atoms with Crippen molar-refractivity contribution >= 4 is 114 Å². The molecule has 0 saturated heterocycles. The molecule has 2 aromatic heterocycles. The smallest absolute Gasteiger partial charge is 0.0434 e. The second kappa shape index (κ2) is 11.9. The van der Waals surface area contributed by atoms with Crippen LogP contribution in [-0.2, 0) is 0 Å². The number of fused-ring (bicyclic) bond motifs is 12. The molecule has 8 aromatic carbocycles. The SMILES string of the molecule is C1=C(c2c3ccccc3c(-c3ccc4ccccc4c3)c3ccccc23)CCC=C1C1C=c2c(sc3ccc4c(ccc5c6ccccc6sc54)c23)=CC1. The summed E-state index contributed by atoms with van der Waals surface area (Å²) in [6.07, 6.45) is 13.3. The van der Waals surface area contributed by atoms with Gasteiger partial charge in [-0.05, 0) is 108 Å². The van der Waals surface area contributed by atoms with Gasteiger partial charge in [0.05, 0.1) is 0 Å². The third-order valence-corrected chi connectivity index (χ3v) is 14.4. The quantitative estimate of drug-likeness (QED) is 0.159. The largest absolute Gasteiger partial charge is 0.136 e. The summed E-state index contributed by atoms with van der Waals surface area (Å²) < 4.78 is 5.58. The number of hydrogen-bond acceptors (Lipinski definition) is 2. The van der Waals surface area contributed by atoms with Crippen LogP contribution in [0.2, 0.25) is 0 Å². The molecule has 1 atom stereocenters. The fourth-order valence-electron chi connectivity index (χ4n) is 9.59. The van der Waals surface area contributed by atoms with E-state index in [1.165, 1.54) is 111 Å². The second-order valence-electron chi connectivity index (χ2n) is 15.0. The van der Waals surface area contributed by atoms with Crippen LogP contribution in [0.4, 0.5) is 0 Å². The summed E-state index contributed by atoms with van der Waals surface area (Å²) in [6, 6.07) is 52.2. The highest BCUT2D eigenvalue weighted by Crippen LogP contribution is 2.45. The molecule has 0 saturated carbocycles. The van der Waals surface area contributed by atoms with Crippen molar-refractivity contribution in [1.29, 1.82) is 0 Å². The molecule has 0 spiro atoms. The summed E-state index contributed by atoms with van der Waals surface area (Å²) >= 11 is 3.89. The molecule has 2 heteroatoms. The molecule has 10 aromatic rings. The number of benzene rings is 8. The van der Waals surface area contributed by atoms with Crippen molar-refractivity contribution in [2.75, 3.05) is 0 Å². The normalized spacial score (nSPS) is 15.9. The summed E-state index contributed by atoms with van der Waals surface area (Å²) in [6.45, 7) is 0. The van der Waals surface area contributed by atoms with Gasteiger partial charge in [0.15, 0.2) is 0 Å². The zero-order valence-corrected chi connectivity index (χ0v) is 31.2. The minimum absolute atomic E-state index is 0.350. The highest BCUT2D eigenvalue weighted by Gasteiger charge is 2.22. The predicted molar refractivity (Wildman–Crippen MR) is 238 cm³/mol. The van der Waals surface area contributed by atoms with Gasteiger partial charge in [-0.1, -0.05) is 146 Å². The Morgan fingerprint density at radius 2 is 1.17 bits per heavy atom. The molecule has 1 unspecified atom stereocenters. The maximum Gasteiger partial charge on any atom is 0.0434 e. The summed E-state index contributed by atoms with van der Waals surface area (Å²) in [4.78, 5) is 0. The summed E-state index contributed by atoms with van der Waals surface area (Å²) in [5, 5.41) is 16.2. The van der Waals surface area contributed by atoms with Crippen molar-refractivity contribution in [1.82, 2.24) is 0 Å². The van der Waals surface area contributed by atoms with Crippen LogP contribution in [0.25, 0.3) is 102 Å². The Kier molecular flexibility index (Phi) is 6.72. The van der Waals surface area contributed by atoms with Crippen molar-refractivity contribution in [2.45, 2.75) is 19.3 Å². The molecule has 54 heavy (non-hydrogen) atoms. The van der Waals surface area contributed by atoms with E-state index in [-0.39, 0.29) is 0 Å². The van der Waals surface area contributed by atoms with Gasteiger partial charge in [-0.2, -0.15) is 0 Å². The van der Waals surface area contributed by atoms with Crippen LogP contribution in [0.1, 0.15) is 24.8 Å². The van der Waals surface area contributed by atoms with E-state index in [2.05, 4.69) is 164 Å². The van der Waals surface area contributed by atoms with Gasteiger partial charge in [-0.15, -0.1) is 22.7 Å². The zero-order chi connectivity index (χ0) is 35.3. The fourth-order valence-corrected chi connectivity index (χ4v) is 12.0. The standard InChI is InChI=1S/C52H34S2/c1-2-11-32-28-36(21-20-31(32)10-1)50-40-17-5-3-15-38(40)49(39-16-4-6-18-41(39)50)35-13-9-12-33(29-35)34-22-26-47-45(30-34)51-42-23-24-43-37-14-7-8-19-46(37)54-52(43)44(42)25-27-48(51)53-47/h1-8,10-12,14-21,23-30,34H,9,13,22H2. The maximum absolute atomic E-state index is 2.60. The fraction of sp³-hybridized carbons (Fsp3) is 0.0769. The van der Waals surface area contributed by atoms with Crippen LogP contribution < -0.4 is 9.75 Å².